The van der Waals surface area contributed by atoms with Gasteiger partial charge in [-0.15, -0.1) is 0 Å². The molecule has 1 saturated heterocycles. The molecule has 1 aromatic rings. The average molecular weight is 380 g/mol. The van der Waals surface area contributed by atoms with Gasteiger partial charge < -0.3 is 15.5 Å². The second-order valence-corrected chi connectivity index (χ2v) is 8.13. The molecule has 4 nitrogen and oxygen atoms in total. The Labute approximate surface area is 161 Å². The van der Waals surface area contributed by atoms with Gasteiger partial charge in [-0.2, -0.15) is 0 Å². The highest BCUT2D eigenvalue weighted by Crippen LogP contribution is 2.33. The van der Waals surface area contributed by atoms with Crippen molar-refractivity contribution in [3.63, 3.8) is 0 Å². The van der Waals surface area contributed by atoms with E-state index in [2.05, 4.69) is 29.4 Å². The minimum atomic E-state index is -0.265. The molecule has 6 heteroatoms. The Morgan fingerprint density at radius 2 is 1.88 bits per heavy atom. The summed E-state index contributed by atoms with van der Waals surface area (Å²) in [5.41, 5.74) is 0.977. The van der Waals surface area contributed by atoms with Gasteiger partial charge in [0.25, 0.3) is 0 Å². The Bertz CT molecular complexity index is 618. The number of carbonyl (C=O) groups excluding carboxylic acids is 1. The first-order chi connectivity index (χ1) is 12.3. The number of nitrogens with zero attached hydrogens (tertiary/aromatic N) is 1. The number of thiocarbonyl (C=S) groups is 1. The van der Waals surface area contributed by atoms with E-state index in [-0.39, 0.29) is 29.6 Å². The fraction of sp³-hybridized carbons (Fsp3) is 0.600. The zero-order valence-corrected chi connectivity index (χ0v) is 16.9. The van der Waals surface area contributed by atoms with E-state index in [1.54, 1.807) is 12.1 Å². The van der Waals surface area contributed by atoms with Crippen molar-refractivity contribution in [1.29, 1.82) is 0 Å². The molecule has 26 heavy (non-hydrogen) atoms. The average Bonchev–Trinajstić information content (AvgIpc) is 3.00. The second-order valence-electron chi connectivity index (χ2n) is 7.75. The molecule has 1 amide bonds. The molecule has 0 aromatic heterocycles. The maximum Gasteiger partial charge on any atom is 0.225 e. The molecular formula is C20H30FN3OS. The predicted molar refractivity (Wildman–Crippen MR) is 108 cm³/mol. The number of amides is 1. The standard InChI is InChI=1S/C20H30FN3OS/c1-13(2)9-10-22-19(25)18-12-24(20(26)23-14(3)4)11-17(18)15-5-7-16(21)8-6-15/h5-8,13-14,17-18H,9-12H2,1-4H3,(H,22,25)(H,23,26)/t17-,18+/m1/s1. The number of likely N-dealkylation sites (tertiary alicyclic amines) is 1. The van der Waals surface area contributed by atoms with Crippen LogP contribution in [0.3, 0.4) is 0 Å². The minimum Gasteiger partial charge on any atom is -0.360 e. The van der Waals surface area contributed by atoms with Gasteiger partial charge in [0.15, 0.2) is 5.11 Å². The molecule has 0 bridgehead atoms. The molecule has 0 unspecified atom stereocenters. The highest BCUT2D eigenvalue weighted by Gasteiger charge is 2.39. The summed E-state index contributed by atoms with van der Waals surface area (Å²) in [7, 11) is 0. The van der Waals surface area contributed by atoms with E-state index < -0.39 is 0 Å². The van der Waals surface area contributed by atoms with Crippen LogP contribution in [-0.4, -0.2) is 41.6 Å². The molecule has 0 aliphatic carbocycles. The summed E-state index contributed by atoms with van der Waals surface area (Å²) in [6, 6.07) is 6.70. The molecule has 0 radical (unpaired) electrons. The van der Waals surface area contributed by atoms with Crippen molar-refractivity contribution in [2.24, 2.45) is 11.8 Å². The molecule has 2 N–H and O–H groups in total. The van der Waals surface area contributed by atoms with Crippen LogP contribution in [0, 0.1) is 17.7 Å². The lowest BCUT2D eigenvalue weighted by molar-refractivity contribution is -0.124. The summed E-state index contributed by atoms with van der Waals surface area (Å²) >= 11 is 5.50. The van der Waals surface area contributed by atoms with Gasteiger partial charge >= 0.3 is 0 Å². The van der Waals surface area contributed by atoms with Crippen molar-refractivity contribution in [2.45, 2.75) is 46.1 Å². The maximum absolute atomic E-state index is 13.3. The number of hydrogen-bond donors (Lipinski definition) is 2. The van der Waals surface area contributed by atoms with Crippen LogP contribution in [0.15, 0.2) is 24.3 Å². The Morgan fingerprint density at radius 3 is 2.46 bits per heavy atom. The van der Waals surface area contributed by atoms with Gasteiger partial charge in [0.2, 0.25) is 5.91 Å². The van der Waals surface area contributed by atoms with Crippen LogP contribution in [-0.2, 0) is 4.79 Å². The maximum atomic E-state index is 13.3. The first-order valence-electron chi connectivity index (χ1n) is 9.36. The van der Waals surface area contributed by atoms with E-state index in [1.807, 2.05) is 13.8 Å². The van der Waals surface area contributed by atoms with Crippen molar-refractivity contribution in [3.05, 3.63) is 35.6 Å². The zero-order valence-electron chi connectivity index (χ0n) is 16.1. The number of halogens is 1. The first-order valence-corrected chi connectivity index (χ1v) is 9.77. The number of hydrogen-bond acceptors (Lipinski definition) is 2. The molecule has 144 valence electrons. The van der Waals surface area contributed by atoms with Crippen molar-refractivity contribution < 1.29 is 9.18 Å². The highest BCUT2D eigenvalue weighted by molar-refractivity contribution is 7.80. The molecule has 0 saturated carbocycles. The van der Waals surface area contributed by atoms with E-state index in [0.29, 0.717) is 30.7 Å². The highest BCUT2D eigenvalue weighted by atomic mass is 32.1. The van der Waals surface area contributed by atoms with Crippen molar-refractivity contribution in [2.75, 3.05) is 19.6 Å². The smallest absolute Gasteiger partial charge is 0.225 e. The van der Waals surface area contributed by atoms with Gasteiger partial charge in [0.1, 0.15) is 5.82 Å². The fourth-order valence-corrected chi connectivity index (χ4v) is 3.62. The molecule has 1 aromatic carbocycles. The topological polar surface area (TPSA) is 44.4 Å². The Hall–Kier alpha value is -1.69. The van der Waals surface area contributed by atoms with E-state index in [4.69, 9.17) is 12.2 Å². The van der Waals surface area contributed by atoms with E-state index in [1.165, 1.54) is 12.1 Å². The summed E-state index contributed by atoms with van der Waals surface area (Å²) < 4.78 is 13.3. The van der Waals surface area contributed by atoms with Gasteiger partial charge in [0, 0.05) is 31.6 Å². The fourth-order valence-electron chi connectivity index (χ4n) is 3.24. The molecule has 1 aliphatic heterocycles. The van der Waals surface area contributed by atoms with Crippen LogP contribution in [0.5, 0.6) is 0 Å². The zero-order chi connectivity index (χ0) is 19.3. The van der Waals surface area contributed by atoms with E-state index in [9.17, 15) is 9.18 Å². The number of carbonyl (C=O) groups is 1. The third-order valence-corrected chi connectivity index (χ3v) is 5.05. The lowest BCUT2D eigenvalue weighted by Gasteiger charge is -2.22. The van der Waals surface area contributed by atoms with Gasteiger partial charge in [-0.05, 0) is 56.1 Å². The summed E-state index contributed by atoms with van der Waals surface area (Å²) in [5.74, 6) is 0.139. The summed E-state index contributed by atoms with van der Waals surface area (Å²) in [6.45, 7) is 10.3. The van der Waals surface area contributed by atoms with Gasteiger partial charge in [-0.3, -0.25) is 4.79 Å². The van der Waals surface area contributed by atoms with Crippen molar-refractivity contribution in [3.8, 4) is 0 Å². The van der Waals surface area contributed by atoms with Crippen LogP contribution >= 0.6 is 12.2 Å². The van der Waals surface area contributed by atoms with Crippen LogP contribution in [0.2, 0.25) is 0 Å². The Balaban J connectivity index is 2.13. The number of rotatable bonds is 6. The lowest BCUT2D eigenvalue weighted by Crippen LogP contribution is -2.42. The molecule has 1 aliphatic rings. The van der Waals surface area contributed by atoms with E-state index >= 15 is 0 Å². The molecule has 1 fully saturated rings. The van der Waals surface area contributed by atoms with Crippen molar-refractivity contribution in [1.82, 2.24) is 15.5 Å². The van der Waals surface area contributed by atoms with Crippen LogP contribution in [0.4, 0.5) is 4.39 Å². The summed E-state index contributed by atoms with van der Waals surface area (Å²) in [5, 5.41) is 6.98. The monoisotopic (exact) mass is 379 g/mol. The molecule has 0 spiro atoms. The van der Waals surface area contributed by atoms with Crippen molar-refractivity contribution >= 4 is 23.2 Å². The second kappa shape index (κ2) is 9.31. The molecular weight excluding hydrogens is 349 g/mol. The van der Waals surface area contributed by atoms with Gasteiger partial charge in [-0.1, -0.05) is 26.0 Å². The Morgan fingerprint density at radius 1 is 1.23 bits per heavy atom. The summed E-state index contributed by atoms with van der Waals surface area (Å²) in [4.78, 5) is 14.8. The Kier molecular flexibility index (Phi) is 7.38. The van der Waals surface area contributed by atoms with Gasteiger partial charge in [0.05, 0.1) is 5.92 Å². The normalized spacial score (nSPS) is 19.9. The first kappa shape index (κ1) is 20.6. The third-order valence-electron chi connectivity index (χ3n) is 4.68. The molecule has 2 atom stereocenters. The minimum absolute atomic E-state index is 0.00145. The van der Waals surface area contributed by atoms with Crippen LogP contribution in [0.25, 0.3) is 0 Å². The SMILES string of the molecule is CC(C)CCNC(=O)[C@H]1CN(C(=S)NC(C)C)C[C@@H]1c1ccc(F)cc1. The predicted octanol–water partition coefficient (Wildman–Crippen LogP) is 3.29. The van der Waals surface area contributed by atoms with Crippen LogP contribution < -0.4 is 10.6 Å². The van der Waals surface area contributed by atoms with Gasteiger partial charge in [-0.25, -0.2) is 4.39 Å². The van der Waals surface area contributed by atoms with E-state index in [0.717, 1.165) is 12.0 Å². The molecule has 2 rings (SSSR count). The quantitative estimate of drug-likeness (QED) is 0.745. The number of benzene rings is 1. The van der Waals surface area contributed by atoms with Crippen LogP contribution in [0.1, 0.15) is 45.6 Å². The number of nitrogens with one attached hydrogen (secondary N) is 2. The molecule has 1 heterocycles. The largest absolute Gasteiger partial charge is 0.360 e. The summed E-state index contributed by atoms with van der Waals surface area (Å²) in [6.07, 6.45) is 0.955. The third kappa shape index (κ3) is 5.66. The lowest BCUT2D eigenvalue weighted by atomic mass is 9.88.